The van der Waals surface area contributed by atoms with Crippen LogP contribution in [0.25, 0.3) is 0 Å². The maximum absolute atomic E-state index is 12.1. The zero-order valence-electron chi connectivity index (χ0n) is 10.1. The quantitative estimate of drug-likeness (QED) is 0.855. The second-order valence-corrected chi connectivity index (χ2v) is 6.15. The van der Waals surface area contributed by atoms with Crippen LogP contribution in [0.4, 0.5) is 5.69 Å². The molecule has 0 atom stereocenters. The second-order valence-electron chi connectivity index (χ2n) is 4.06. The number of benzene rings is 2. The van der Waals surface area contributed by atoms with E-state index in [9.17, 15) is 8.42 Å². The number of nitrogens with one attached hydrogen (secondary N) is 1. The number of sulfonamides is 1. The van der Waals surface area contributed by atoms with Crippen LogP contribution in [0.2, 0.25) is 5.02 Å². The van der Waals surface area contributed by atoms with Crippen LogP contribution in [-0.2, 0) is 10.0 Å². The molecular formula is C13H12ClNO3S. The molecule has 0 heterocycles. The molecule has 6 heteroatoms. The van der Waals surface area contributed by atoms with Gasteiger partial charge in [0.2, 0.25) is 0 Å². The summed E-state index contributed by atoms with van der Waals surface area (Å²) in [7, 11) is -3.68. The van der Waals surface area contributed by atoms with E-state index in [1.807, 2.05) is 0 Å². The van der Waals surface area contributed by atoms with Crippen molar-refractivity contribution in [2.24, 2.45) is 0 Å². The highest BCUT2D eigenvalue weighted by Crippen LogP contribution is 2.22. The topological polar surface area (TPSA) is 66.4 Å². The van der Waals surface area contributed by atoms with Crippen LogP contribution in [0.15, 0.2) is 47.4 Å². The molecule has 100 valence electrons. The van der Waals surface area contributed by atoms with Gasteiger partial charge in [-0.2, -0.15) is 0 Å². The highest BCUT2D eigenvalue weighted by Gasteiger charge is 2.15. The van der Waals surface area contributed by atoms with Crippen LogP contribution in [0.5, 0.6) is 5.75 Å². The molecule has 0 unspecified atom stereocenters. The van der Waals surface area contributed by atoms with Crippen molar-refractivity contribution in [1.82, 2.24) is 0 Å². The molecule has 0 aliphatic rings. The first kappa shape index (κ1) is 13.7. The lowest BCUT2D eigenvalue weighted by molar-refractivity contribution is 0.475. The molecule has 2 N–H and O–H groups in total. The fraction of sp³-hybridized carbons (Fsp3) is 0.0769. The van der Waals surface area contributed by atoms with Crippen molar-refractivity contribution < 1.29 is 13.5 Å². The number of phenols is 1. The molecule has 19 heavy (non-hydrogen) atoms. The lowest BCUT2D eigenvalue weighted by atomic mass is 10.2. The predicted molar refractivity (Wildman–Crippen MR) is 75.1 cm³/mol. The SMILES string of the molecule is Cc1ccc(S(=O)(=O)Nc2ccc(O)cc2)cc1Cl. The van der Waals surface area contributed by atoms with Crippen LogP contribution >= 0.6 is 11.6 Å². The fourth-order valence-corrected chi connectivity index (χ4v) is 2.81. The monoisotopic (exact) mass is 297 g/mol. The van der Waals surface area contributed by atoms with E-state index in [0.717, 1.165) is 5.56 Å². The Bertz CT molecular complexity index is 696. The summed E-state index contributed by atoms with van der Waals surface area (Å²) in [6.07, 6.45) is 0. The molecule has 2 rings (SSSR count). The van der Waals surface area contributed by atoms with E-state index >= 15 is 0 Å². The number of aryl methyl sites for hydroxylation is 1. The summed E-state index contributed by atoms with van der Waals surface area (Å²) in [5.74, 6) is 0.0707. The van der Waals surface area contributed by atoms with E-state index in [4.69, 9.17) is 16.7 Å². The first-order valence-corrected chi connectivity index (χ1v) is 7.32. The van der Waals surface area contributed by atoms with Gasteiger partial charge in [0.25, 0.3) is 10.0 Å². The van der Waals surface area contributed by atoms with E-state index in [2.05, 4.69) is 4.72 Å². The van der Waals surface area contributed by atoms with Gasteiger partial charge in [-0.05, 0) is 48.9 Å². The van der Waals surface area contributed by atoms with Gasteiger partial charge in [0.1, 0.15) is 5.75 Å². The number of hydrogen-bond donors (Lipinski definition) is 2. The number of rotatable bonds is 3. The molecule has 0 aromatic heterocycles. The molecule has 0 amide bonds. The van der Waals surface area contributed by atoms with Gasteiger partial charge >= 0.3 is 0 Å². The Morgan fingerprint density at radius 1 is 1.11 bits per heavy atom. The molecule has 0 radical (unpaired) electrons. The number of halogens is 1. The van der Waals surface area contributed by atoms with Crippen molar-refractivity contribution in [3.05, 3.63) is 53.1 Å². The molecule has 0 saturated carbocycles. The van der Waals surface area contributed by atoms with Gasteiger partial charge in [0.15, 0.2) is 0 Å². The number of anilines is 1. The molecule has 0 aliphatic carbocycles. The first-order valence-electron chi connectivity index (χ1n) is 5.46. The van der Waals surface area contributed by atoms with Crippen molar-refractivity contribution in [3.8, 4) is 5.75 Å². The fourth-order valence-electron chi connectivity index (χ4n) is 1.48. The van der Waals surface area contributed by atoms with Crippen molar-refractivity contribution >= 4 is 27.3 Å². The summed E-state index contributed by atoms with van der Waals surface area (Å²) >= 11 is 5.92. The molecule has 0 saturated heterocycles. The summed E-state index contributed by atoms with van der Waals surface area (Å²) in [5.41, 5.74) is 1.18. The van der Waals surface area contributed by atoms with Crippen molar-refractivity contribution in [3.63, 3.8) is 0 Å². The summed E-state index contributed by atoms with van der Waals surface area (Å²) < 4.78 is 26.6. The van der Waals surface area contributed by atoms with E-state index in [1.54, 1.807) is 13.0 Å². The Kier molecular flexibility index (Phi) is 3.68. The van der Waals surface area contributed by atoms with E-state index in [0.29, 0.717) is 10.7 Å². The maximum Gasteiger partial charge on any atom is 0.261 e. The van der Waals surface area contributed by atoms with Gasteiger partial charge in [-0.3, -0.25) is 4.72 Å². The van der Waals surface area contributed by atoms with E-state index in [-0.39, 0.29) is 10.6 Å². The van der Waals surface area contributed by atoms with Gasteiger partial charge in [-0.25, -0.2) is 8.42 Å². The zero-order valence-corrected chi connectivity index (χ0v) is 11.7. The summed E-state index contributed by atoms with van der Waals surface area (Å²) in [6.45, 7) is 1.80. The standard InChI is InChI=1S/C13H12ClNO3S/c1-9-2-7-12(8-13(9)14)19(17,18)15-10-3-5-11(16)6-4-10/h2-8,15-16H,1H3. The third-order valence-corrected chi connectivity index (χ3v) is 4.36. The first-order chi connectivity index (χ1) is 8.88. The minimum atomic E-state index is -3.68. The van der Waals surface area contributed by atoms with E-state index < -0.39 is 10.0 Å². The molecule has 2 aromatic carbocycles. The average Bonchev–Trinajstić information content (AvgIpc) is 2.35. The highest BCUT2D eigenvalue weighted by molar-refractivity contribution is 7.92. The van der Waals surface area contributed by atoms with Gasteiger partial charge in [-0.1, -0.05) is 17.7 Å². The lowest BCUT2D eigenvalue weighted by Crippen LogP contribution is -2.12. The molecule has 2 aromatic rings. The van der Waals surface area contributed by atoms with Gasteiger partial charge in [-0.15, -0.1) is 0 Å². The van der Waals surface area contributed by atoms with Crippen LogP contribution in [0.1, 0.15) is 5.56 Å². The molecule has 0 spiro atoms. The normalized spacial score (nSPS) is 11.3. The molecule has 0 bridgehead atoms. The van der Waals surface area contributed by atoms with Crippen molar-refractivity contribution in [2.45, 2.75) is 11.8 Å². The molecule has 4 nitrogen and oxygen atoms in total. The summed E-state index contributed by atoms with van der Waals surface area (Å²) in [6, 6.07) is 10.3. The summed E-state index contributed by atoms with van der Waals surface area (Å²) in [5, 5.41) is 9.54. The Labute approximate surface area is 116 Å². The van der Waals surface area contributed by atoms with Gasteiger partial charge < -0.3 is 5.11 Å². The van der Waals surface area contributed by atoms with Crippen LogP contribution < -0.4 is 4.72 Å². The number of phenolic OH excluding ortho intramolecular Hbond substituents is 1. The Hall–Kier alpha value is -1.72. The van der Waals surface area contributed by atoms with Crippen LogP contribution in [0.3, 0.4) is 0 Å². The number of aromatic hydroxyl groups is 1. The Morgan fingerprint density at radius 3 is 2.32 bits per heavy atom. The molecule has 0 aliphatic heterocycles. The van der Waals surface area contributed by atoms with E-state index in [1.165, 1.54) is 36.4 Å². The van der Waals surface area contributed by atoms with Gasteiger partial charge in [0, 0.05) is 10.7 Å². The van der Waals surface area contributed by atoms with Crippen LogP contribution in [-0.4, -0.2) is 13.5 Å². The predicted octanol–water partition coefficient (Wildman–Crippen LogP) is 3.15. The maximum atomic E-state index is 12.1. The second kappa shape index (κ2) is 5.11. The molecular weight excluding hydrogens is 286 g/mol. The minimum absolute atomic E-state index is 0.0707. The lowest BCUT2D eigenvalue weighted by Gasteiger charge is -2.09. The third-order valence-electron chi connectivity index (χ3n) is 2.57. The Morgan fingerprint density at radius 2 is 1.74 bits per heavy atom. The summed E-state index contributed by atoms with van der Waals surface area (Å²) in [4.78, 5) is 0.0937. The minimum Gasteiger partial charge on any atom is -0.508 e. The van der Waals surface area contributed by atoms with Gasteiger partial charge in [0.05, 0.1) is 4.90 Å². The highest BCUT2D eigenvalue weighted by atomic mass is 35.5. The molecule has 0 fully saturated rings. The third kappa shape index (κ3) is 3.19. The Balaban J connectivity index is 2.32. The average molecular weight is 298 g/mol. The van der Waals surface area contributed by atoms with Crippen LogP contribution in [0, 0.1) is 6.92 Å². The smallest absolute Gasteiger partial charge is 0.261 e. The largest absolute Gasteiger partial charge is 0.508 e. The number of hydrogen-bond acceptors (Lipinski definition) is 3. The van der Waals surface area contributed by atoms with Crippen molar-refractivity contribution in [1.29, 1.82) is 0 Å². The van der Waals surface area contributed by atoms with Crippen molar-refractivity contribution in [2.75, 3.05) is 4.72 Å². The zero-order chi connectivity index (χ0) is 14.0.